The molecule has 3 fully saturated rings. The molecule has 4 heteroatoms. The van der Waals surface area contributed by atoms with E-state index in [1.165, 1.54) is 57.9 Å². The highest BCUT2D eigenvalue weighted by Crippen LogP contribution is 2.29. The Labute approximate surface area is 136 Å². The number of hydrogen-bond acceptors (Lipinski definition) is 4. The molecule has 3 atom stereocenters. The van der Waals surface area contributed by atoms with Crippen LogP contribution in [0.25, 0.3) is 0 Å². The minimum Gasteiger partial charge on any atom is -0.379 e. The Kier molecular flexibility index (Phi) is 6.54. The molecule has 3 unspecified atom stereocenters. The van der Waals surface area contributed by atoms with Crippen molar-refractivity contribution in [3.8, 4) is 0 Å². The van der Waals surface area contributed by atoms with Crippen LogP contribution in [0.4, 0.5) is 0 Å². The molecule has 1 heterocycles. The molecule has 3 aliphatic rings. The Balaban J connectivity index is 1.38. The standard InChI is InChI=1S/C18H35N3O/c1-21(15-6-3-2-4-7-15)12-10-19-17-9-5-8-16(17)18-14-22-13-11-20-18/h15-20H,2-14H2,1H3. The first-order valence-electron chi connectivity index (χ1n) is 9.59. The van der Waals surface area contributed by atoms with Gasteiger partial charge in [0.05, 0.1) is 13.2 Å². The van der Waals surface area contributed by atoms with Crippen molar-refractivity contribution in [2.75, 3.05) is 39.9 Å². The average Bonchev–Trinajstić information content (AvgIpc) is 3.05. The van der Waals surface area contributed by atoms with Gasteiger partial charge in [0, 0.05) is 37.8 Å². The smallest absolute Gasteiger partial charge is 0.0623 e. The number of ether oxygens (including phenoxy) is 1. The summed E-state index contributed by atoms with van der Waals surface area (Å²) in [6.07, 6.45) is 11.2. The van der Waals surface area contributed by atoms with Crippen LogP contribution >= 0.6 is 0 Å². The topological polar surface area (TPSA) is 36.5 Å². The van der Waals surface area contributed by atoms with E-state index in [9.17, 15) is 0 Å². The second-order valence-electron chi connectivity index (χ2n) is 7.56. The molecule has 0 spiro atoms. The molecular weight excluding hydrogens is 274 g/mol. The predicted molar refractivity (Wildman–Crippen MR) is 91.2 cm³/mol. The SMILES string of the molecule is CN(CCNC1CCCC1C1COCCN1)C1CCCCC1. The zero-order chi connectivity index (χ0) is 15.2. The van der Waals surface area contributed by atoms with Gasteiger partial charge in [0.15, 0.2) is 0 Å². The highest BCUT2D eigenvalue weighted by molar-refractivity contribution is 4.92. The molecule has 22 heavy (non-hydrogen) atoms. The lowest BCUT2D eigenvalue weighted by molar-refractivity contribution is 0.0522. The summed E-state index contributed by atoms with van der Waals surface area (Å²) < 4.78 is 5.67. The molecule has 128 valence electrons. The van der Waals surface area contributed by atoms with E-state index in [4.69, 9.17) is 4.74 Å². The summed E-state index contributed by atoms with van der Waals surface area (Å²) in [7, 11) is 2.32. The van der Waals surface area contributed by atoms with Crippen LogP contribution in [0.1, 0.15) is 51.4 Å². The molecular formula is C18H35N3O. The molecule has 1 saturated heterocycles. The number of nitrogens with one attached hydrogen (secondary N) is 2. The molecule has 0 aromatic rings. The molecule has 3 rings (SSSR count). The van der Waals surface area contributed by atoms with Crippen LogP contribution in [0.3, 0.4) is 0 Å². The molecule has 0 aromatic heterocycles. The van der Waals surface area contributed by atoms with Crippen LogP contribution < -0.4 is 10.6 Å². The van der Waals surface area contributed by atoms with Gasteiger partial charge < -0.3 is 20.3 Å². The van der Waals surface area contributed by atoms with Crippen molar-refractivity contribution < 1.29 is 4.74 Å². The van der Waals surface area contributed by atoms with E-state index in [2.05, 4.69) is 22.6 Å². The summed E-state index contributed by atoms with van der Waals surface area (Å²) in [5.74, 6) is 0.764. The van der Waals surface area contributed by atoms with Crippen molar-refractivity contribution in [1.82, 2.24) is 15.5 Å². The molecule has 2 N–H and O–H groups in total. The minimum absolute atomic E-state index is 0.574. The Hall–Kier alpha value is -0.160. The van der Waals surface area contributed by atoms with E-state index in [1.54, 1.807) is 0 Å². The minimum atomic E-state index is 0.574. The van der Waals surface area contributed by atoms with Gasteiger partial charge in [-0.05, 0) is 38.6 Å². The normalized spacial score (nSPS) is 34.4. The van der Waals surface area contributed by atoms with Crippen LogP contribution in [0, 0.1) is 5.92 Å². The van der Waals surface area contributed by atoms with Crippen LogP contribution in [0.5, 0.6) is 0 Å². The average molecular weight is 309 g/mol. The Bertz CT molecular complexity index is 313. The summed E-state index contributed by atoms with van der Waals surface area (Å²) in [5, 5.41) is 7.53. The summed E-state index contributed by atoms with van der Waals surface area (Å²) in [5.41, 5.74) is 0. The lowest BCUT2D eigenvalue weighted by atomic mass is 9.93. The fourth-order valence-corrected chi connectivity index (χ4v) is 4.72. The van der Waals surface area contributed by atoms with Crippen molar-refractivity contribution in [3.05, 3.63) is 0 Å². The van der Waals surface area contributed by atoms with Gasteiger partial charge in [-0.3, -0.25) is 0 Å². The fraction of sp³-hybridized carbons (Fsp3) is 1.00. The monoisotopic (exact) mass is 309 g/mol. The third kappa shape index (κ3) is 4.44. The van der Waals surface area contributed by atoms with Gasteiger partial charge >= 0.3 is 0 Å². The van der Waals surface area contributed by atoms with Gasteiger partial charge in [0.25, 0.3) is 0 Å². The van der Waals surface area contributed by atoms with Crippen LogP contribution in [-0.4, -0.2) is 62.9 Å². The van der Waals surface area contributed by atoms with E-state index in [1.807, 2.05) is 0 Å². The molecule has 0 amide bonds. The highest BCUT2D eigenvalue weighted by Gasteiger charge is 2.34. The summed E-state index contributed by atoms with van der Waals surface area (Å²) in [6, 6.07) is 2.10. The summed E-state index contributed by atoms with van der Waals surface area (Å²) >= 11 is 0. The first kappa shape index (κ1) is 16.7. The van der Waals surface area contributed by atoms with E-state index in [0.29, 0.717) is 12.1 Å². The van der Waals surface area contributed by atoms with Crippen molar-refractivity contribution in [3.63, 3.8) is 0 Å². The summed E-state index contributed by atoms with van der Waals surface area (Å²) in [6.45, 7) is 5.15. The van der Waals surface area contributed by atoms with E-state index < -0.39 is 0 Å². The van der Waals surface area contributed by atoms with Crippen molar-refractivity contribution >= 4 is 0 Å². The Morgan fingerprint density at radius 1 is 1.09 bits per heavy atom. The number of hydrogen-bond donors (Lipinski definition) is 2. The second kappa shape index (κ2) is 8.62. The number of likely N-dealkylation sites (N-methyl/N-ethyl adjacent to an activating group) is 1. The maximum absolute atomic E-state index is 5.67. The third-order valence-corrected chi connectivity index (χ3v) is 6.11. The van der Waals surface area contributed by atoms with Crippen LogP contribution in [0.2, 0.25) is 0 Å². The second-order valence-corrected chi connectivity index (χ2v) is 7.56. The lowest BCUT2D eigenvalue weighted by Crippen LogP contribution is -2.51. The van der Waals surface area contributed by atoms with Gasteiger partial charge in [-0.2, -0.15) is 0 Å². The molecule has 0 aromatic carbocycles. The number of nitrogens with zero attached hydrogens (tertiary/aromatic N) is 1. The van der Waals surface area contributed by atoms with Crippen LogP contribution in [-0.2, 0) is 4.74 Å². The lowest BCUT2D eigenvalue weighted by Gasteiger charge is -2.34. The maximum atomic E-state index is 5.67. The Morgan fingerprint density at radius 2 is 1.95 bits per heavy atom. The molecule has 0 radical (unpaired) electrons. The molecule has 4 nitrogen and oxygen atoms in total. The zero-order valence-corrected chi connectivity index (χ0v) is 14.4. The van der Waals surface area contributed by atoms with Crippen molar-refractivity contribution in [2.45, 2.75) is 69.5 Å². The van der Waals surface area contributed by atoms with Gasteiger partial charge in [0.1, 0.15) is 0 Å². The van der Waals surface area contributed by atoms with E-state index >= 15 is 0 Å². The van der Waals surface area contributed by atoms with E-state index in [-0.39, 0.29) is 0 Å². The predicted octanol–water partition coefficient (Wildman–Crippen LogP) is 2.00. The number of rotatable bonds is 6. The van der Waals surface area contributed by atoms with Crippen molar-refractivity contribution in [1.29, 1.82) is 0 Å². The van der Waals surface area contributed by atoms with Gasteiger partial charge in [0.2, 0.25) is 0 Å². The van der Waals surface area contributed by atoms with Gasteiger partial charge in [-0.15, -0.1) is 0 Å². The van der Waals surface area contributed by atoms with E-state index in [0.717, 1.165) is 38.3 Å². The first-order valence-corrected chi connectivity index (χ1v) is 9.59. The Morgan fingerprint density at radius 3 is 2.73 bits per heavy atom. The molecule has 0 bridgehead atoms. The van der Waals surface area contributed by atoms with Crippen LogP contribution in [0.15, 0.2) is 0 Å². The largest absolute Gasteiger partial charge is 0.379 e. The zero-order valence-electron chi connectivity index (χ0n) is 14.4. The maximum Gasteiger partial charge on any atom is 0.0623 e. The molecule has 1 aliphatic heterocycles. The highest BCUT2D eigenvalue weighted by atomic mass is 16.5. The first-order chi connectivity index (χ1) is 10.8. The third-order valence-electron chi connectivity index (χ3n) is 6.11. The van der Waals surface area contributed by atoms with Gasteiger partial charge in [-0.1, -0.05) is 25.7 Å². The molecule has 2 aliphatic carbocycles. The summed E-state index contributed by atoms with van der Waals surface area (Å²) in [4.78, 5) is 2.60. The fourth-order valence-electron chi connectivity index (χ4n) is 4.72. The van der Waals surface area contributed by atoms with Crippen molar-refractivity contribution in [2.24, 2.45) is 5.92 Å². The van der Waals surface area contributed by atoms with Gasteiger partial charge in [-0.25, -0.2) is 0 Å². The quantitative estimate of drug-likeness (QED) is 0.787. The molecule has 2 saturated carbocycles. The number of morpholine rings is 1.